The quantitative estimate of drug-likeness (QED) is 0.0920. The Morgan fingerprint density at radius 3 is 2.40 bits per heavy atom. The Labute approximate surface area is 279 Å². The second-order valence-electron chi connectivity index (χ2n) is 11.0. The van der Waals surface area contributed by atoms with Crippen LogP contribution >= 0.6 is 24.0 Å². The number of carbonyl (C=O) groups is 1. The first-order valence-electron chi connectivity index (χ1n) is 14.4. The van der Waals surface area contributed by atoms with Crippen LogP contribution in [0.2, 0.25) is 0 Å². The summed E-state index contributed by atoms with van der Waals surface area (Å²) in [5.41, 5.74) is 8.51. The number of aromatic nitrogens is 3. The lowest BCUT2D eigenvalue weighted by Crippen LogP contribution is -2.31. The number of aryl methyl sites for hydroxylation is 1. The molecule has 2 heterocycles. The number of anilines is 1. The predicted octanol–water partition coefficient (Wildman–Crippen LogP) is 7.90. The number of thioether (sulfide) groups is 1. The molecule has 1 fully saturated rings. The Hall–Kier alpha value is -4.82. The van der Waals surface area contributed by atoms with Gasteiger partial charge >= 0.3 is 6.36 Å². The van der Waals surface area contributed by atoms with Gasteiger partial charge in [0, 0.05) is 5.56 Å². The molecule has 4 aromatic rings. The van der Waals surface area contributed by atoms with Gasteiger partial charge in [-0.3, -0.25) is 15.1 Å². The van der Waals surface area contributed by atoms with Crippen LogP contribution in [0.1, 0.15) is 50.3 Å². The number of allylic oxidation sites excluding steroid dienone is 1. The second kappa shape index (κ2) is 13.9. The number of benzene rings is 3. The van der Waals surface area contributed by atoms with Gasteiger partial charge in [-0.15, -0.1) is 18.3 Å². The molecule has 0 radical (unpaired) electrons. The molecule has 9 nitrogen and oxygen atoms in total. The van der Waals surface area contributed by atoms with E-state index in [4.69, 9.17) is 12.2 Å². The Morgan fingerprint density at radius 1 is 1.06 bits per heavy atom. The number of nitrogens with one attached hydrogen (secondary N) is 1. The number of halogens is 3. The molecule has 1 amide bonds. The summed E-state index contributed by atoms with van der Waals surface area (Å²) in [6.45, 7) is 9.94. The maximum absolute atomic E-state index is 13.5. The van der Waals surface area contributed by atoms with Gasteiger partial charge in [0.1, 0.15) is 12.1 Å². The van der Waals surface area contributed by atoms with E-state index in [9.17, 15) is 18.0 Å². The van der Waals surface area contributed by atoms with Crippen LogP contribution in [0.15, 0.2) is 93.6 Å². The highest BCUT2D eigenvalue weighted by Crippen LogP contribution is 2.40. The van der Waals surface area contributed by atoms with E-state index in [0.717, 1.165) is 33.5 Å². The van der Waals surface area contributed by atoms with Crippen LogP contribution in [-0.4, -0.2) is 43.5 Å². The molecule has 47 heavy (non-hydrogen) atoms. The van der Waals surface area contributed by atoms with Crippen molar-refractivity contribution in [2.75, 3.05) is 4.90 Å². The van der Waals surface area contributed by atoms with Gasteiger partial charge in [-0.25, -0.2) is 9.67 Å². The van der Waals surface area contributed by atoms with Gasteiger partial charge in [0.25, 0.3) is 5.91 Å². The van der Waals surface area contributed by atoms with E-state index < -0.39 is 6.36 Å². The van der Waals surface area contributed by atoms with Crippen LogP contribution in [-0.2, 0) is 4.79 Å². The van der Waals surface area contributed by atoms with E-state index in [1.165, 1.54) is 47.0 Å². The van der Waals surface area contributed by atoms with Crippen molar-refractivity contribution in [1.29, 1.82) is 0 Å². The van der Waals surface area contributed by atoms with E-state index in [2.05, 4.69) is 44.2 Å². The van der Waals surface area contributed by atoms with Crippen molar-refractivity contribution in [3.63, 3.8) is 0 Å². The fraction of sp³-hybridized carbons (Fsp3) is 0.212. The summed E-state index contributed by atoms with van der Waals surface area (Å²) in [6.07, 6.45) is -1.71. The molecular formula is C33H30F3N7O2S2. The van der Waals surface area contributed by atoms with Crippen LogP contribution in [0.3, 0.4) is 0 Å². The van der Waals surface area contributed by atoms with Crippen molar-refractivity contribution in [2.24, 2.45) is 10.1 Å². The minimum absolute atomic E-state index is 0.0969. The lowest BCUT2D eigenvalue weighted by atomic mass is 9.98. The molecule has 1 aromatic heterocycles. The average Bonchev–Trinajstić information content (AvgIpc) is 3.62. The van der Waals surface area contributed by atoms with E-state index in [1.807, 2.05) is 63.2 Å². The third kappa shape index (κ3) is 8.13. The van der Waals surface area contributed by atoms with E-state index >= 15 is 0 Å². The van der Waals surface area contributed by atoms with Gasteiger partial charge < -0.3 is 4.74 Å². The van der Waals surface area contributed by atoms with E-state index in [1.54, 1.807) is 11.1 Å². The monoisotopic (exact) mass is 677 g/mol. The summed E-state index contributed by atoms with van der Waals surface area (Å²) in [7, 11) is 0. The summed E-state index contributed by atoms with van der Waals surface area (Å²) in [5, 5.41) is 9.19. The molecule has 14 heteroatoms. The molecular weight excluding hydrogens is 648 g/mol. The zero-order valence-electron chi connectivity index (χ0n) is 26.0. The fourth-order valence-electron chi connectivity index (χ4n) is 4.62. The lowest BCUT2D eigenvalue weighted by Gasteiger charge is -2.22. The number of hydrogen-bond donors (Lipinski definition) is 1. The molecule has 5 rings (SSSR count). The molecule has 0 aliphatic carbocycles. The number of amides is 1. The van der Waals surface area contributed by atoms with Crippen LogP contribution in [0.5, 0.6) is 5.75 Å². The maximum atomic E-state index is 13.5. The number of thiocarbonyl (C=S) groups is 1. The Kier molecular flexibility index (Phi) is 9.91. The molecule has 0 unspecified atom stereocenters. The third-order valence-corrected chi connectivity index (χ3v) is 8.28. The SMILES string of the molecule is CC(C)=C1S/C(=N\C(=S)N/N=C/c2ccc(-c3ncn(-c4ccc(OC(F)(F)F)cc4)n3)cc2)N(c2cc(C)ccc2C(C)C)C1=O. The molecule has 0 spiro atoms. The molecule has 1 saturated heterocycles. The lowest BCUT2D eigenvalue weighted by molar-refractivity contribution is -0.274. The Balaban J connectivity index is 1.26. The standard InChI is InChI=1S/C33H30F3N7O2S2/c1-19(2)26-15-6-21(5)16-27(26)43-30(44)28(20(3)4)47-32(43)39-31(46)40-38-17-22-7-9-23(10-8-22)29-37-18-42(41-29)24-11-13-25(14-12-24)45-33(34,35)36/h6-19H,1-5H3,(H,40,46)/b38-17+,39-32-. The number of alkyl halides is 3. The van der Waals surface area contributed by atoms with Crippen molar-refractivity contribution in [3.8, 4) is 22.8 Å². The topological polar surface area (TPSA) is 97.0 Å². The van der Waals surface area contributed by atoms with Crippen LogP contribution in [0, 0.1) is 6.92 Å². The van der Waals surface area contributed by atoms with Gasteiger partial charge in [-0.1, -0.05) is 55.8 Å². The summed E-state index contributed by atoms with van der Waals surface area (Å²) < 4.78 is 42.7. The average molecular weight is 678 g/mol. The molecule has 1 aliphatic rings. The predicted molar refractivity (Wildman–Crippen MR) is 183 cm³/mol. The normalized spacial score (nSPS) is 14.5. The van der Waals surface area contributed by atoms with Crippen molar-refractivity contribution in [2.45, 2.75) is 46.9 Å². The molecule has 0 bridgehead atoms. The minimum Gasteiger partial charge on any atom is -0.406 e. The summed E-state index contributed by atoms with van der Waals surface area (Å²) in [4.78, 5) is 24.6. The van der Waals surface area contributed by atoms with Gasteiger partial charge in [-0.2, -0.15) is 10.1 Å². The fourth-order valence-corrected chi connectivity index (χ4v) is 5.79. The molecule has 1 aliphatic heterocycles. The van der Waals surface area contributed by atoms with Crippen molar-refractivity contribution >= 4 is 52.1 Å². The summed E-state index contributed by atoms with van der Waals surface area (Å²) >= 11 is 6.75. The largest absolute Gasteiger partial charge is 0.573 e. The molecule has 3 aromatic carbocycles. The number of amidine groups is 1. The number of carbonyl (C=O) groups excluding carboxylic acids is 1. The van der Waals surface area contributed by atoms with Gasteiger partial charge in [0.2, 0.25) is 5.11 Å². The van der Waals surface area contributed by atoms with E-state index in [-0.39, 0.29) is 22.7 Å². The number of hydrazone groups is 1. The zero-order chi connectivity index (χ0) is 33.9. The van der Waals surface area contributed by atoms with E-state index in [0.29, 0.717) is 21.6 Å². The highest BCUT2D eigenvalue weighted by molar-refractivity contribution is 8.19. The third-order valence-electron chi connectivity index (χ3n) is 6.85. The molecule has 0 atom stereocenters. The summed E-state index contributed by atoms with van der Waals surface area (Å²) in [6, 6.07) is 18.6. The Bertz CT molecular complexity index is 1890. The van der Waals surface area contributed by atoms with Crippen molar-refractivity contribution in [1.82, 2.24) is 20.2 Å². The first-order valence-corrected chi connectivity index (χ1v) is 15.6. The van der Waals surface area contributed by atoms with Gasteiger partial charge in [0.05, 0.1) is 22.5 Å². The van der Waals surface area contributed by atoms with Gasteiger partial charge in [0.15, 0.2) is 11.0 Å². The first kappa shape index (κ1) is 33.5. The number of hydrogen-bond acceptors (Lipinski definition) is 7. The Morgan fingerprint density at radius 2 is 1.77 bits per heavy atom. The second-order valence-corrected chi connectivity index (χ2v) is 12.4. The van der Waals surface area contributed by atoms with Crippen molar-refractivity contribution in [3.05, 3.63) is 100 Å². The smallest absolute Gasteiger partial charge is 0.406 e. The summed E-state index contributed by atoms with van der Waals surface area (Å²) in [5.74, 6) is 0.157. The molecule has 242 valence electrons. The van der Waals surface area contributed by atoms with Crippen LogP contribution in [0.25, 0.3) is 17.1 Å². The first-order chi connectivity index (χ1) is 22.3. The zero-order valence-corrected chi connectivity index (χ0v) is 27.7. The van der Waals surface area contributed by atoms with Crippen LogP contribution in [0.4, 0.5) is 18.9 Å². The number of nitrogens with zero attached hydrogens (tertiary/aromatic N) is 6. The highest BCUT2D eigenvalue weighted by atomic mass is 32.2. The maximum Gasteiger partial charge on any atom is 0.573 e. The molecule has 0 saturated carbocycles. The molecule has 1 N–H and O–H groups in total. The minimum atomic E-state index is -4.76. The highest BCUT2D eigenvalue weighted by Gasteiger charge is 2.37. The number of aliphatic imine (C=N–C) groups is 1. The number of rotatable bonds is 7. The van der Waals surface area contributed by atoms with Crippen molar-refractivity contribution < 1.29 is 22.7 Å². The number of ether oxygens (including phenoxy) is 1. The van der Waals surface area contributed by atoms with Crippen LogP contribution < -0.4 is 15.1 Å². The van der Waals surface area contributed by atoms with Gasteiger partial charge in [-0.05, 0) is 97.7 Å².